The van der Waals surface area contributed by atoms with Crippen molar-refractivity contribution in [3.05, 3.63) is 52.6 Å². The summed E-state index contributed by atoms with van der Waals surface area (Å²) in [5.41, 5.74) is 1.16. The Kier molecular flexibility index (Phi) is 4.87. The van der Waals surface area contributed by atoms with Gasteiger partial charge in [0.15, 0.2) is 0 Å². The van der Waals surface area contributed by atoms with Gasteiger partial charge in [0, 0.05) is 18.7 Å². The molecule has 0 bridgehead atoms. The van der Waals surface area contributed by atoms with Crippen LogP contribution in [0.1, 0.15) is 18.0 Å². The molecular formula is C16H16ClN3OS. The fourth-order valence-corrected chi connectivity index (χ4v) is 3.18. The molecule has 0 aliphatic heterocycles. The summed E-state index contributed by atoms with van der Waals surface area (Å²) >= 11 is 7.59. The van der Waals surface area contributed by atoms with Crippen LogP contribution >= 0.6 is 22.9 Å². The number of rotatable bonds is 6. The van der Waals surface area contributed by atoms with Gasteiger partial charge in [-0.05, 0) is 35.6 Å². The number of benzene rings is 1. The van der Waals surface area contributed by atoms with E-state index in [0.717, 1.165) is 33.0 Å². The smallest absolute Gasteiger partial charge is 0.138 e. The van der Waals surface area contributed by atoms with Gasteiger partial charge < -0.3 is 10.1 Å². The van der Waals surface area contributed by atoms with Gasteiger partial charge in [-0.2, -0.15) is 0 Å². The quantitative estimate of drug-likeness (QED) is 0.719. The van der Waals surface area contributed by atoms with Crippen molar-refractivity contribution >= 4 is 39.0 Å². The van der Waals surface area contributed by atoms with Gasteiger partial charge in [0.25, 0.3) is 0 Å². The molecule has 3 aromatic rings. The maximum atomic E-state index is 5.98. The van der Waals surface area contributed by atoms with E-state index in [1.54, 1.807) is 24.8 Å². The first-order valence-electron chi connectivity index (χ1n) is 6.97. The molecule has 0 aliphatic carbocycles. The minimum absolute atomic E-state index is 0.107. The number of nitrogens with one attached hydrogen (secondary N) is 1. The van der Waals surface area contributed by atoms with Crippen molar-refractivity contribution in [2.24, 2.45) is 0 Å². The molecule has 2 heterocycles. The Balaban J connectivity index is 1.89. The Morgan fingerprint density at radius 2 is 2.05 bits per heavy atom. The van der Waals surface area contributed by atoms with Crippen LogP contribution in [0.2, 0.25) is 5.02 Å². The van der Waals surface area contributed by atoms with E-state index in [9.17, 15) is 0 Å². The number of hydrogen-bond acceptors (Lipinski definition) is 5. The zero-order valence-corrected chi connectivity index (χ0v) is 13.7. The van der Waals surface area contributed by atoms with E-state index < -0.39 is 0 Å². The lowest BCUT2D eigenvalue weighted by Gasteiger charge is -2.20. The summed E-state index contributed by atoms with van der Waals surface area (Å²) < 4.78 is 5.23. The van der Waals surface area contributed by atoms with Crippen molar-refractivity contribution in [3.63, 3.8) is 0 Å². The van der Waals surface area contributed by atoms with Gasteiger partial charge in [0.2, 0.25) is 0 Å². The standard InChI is InChI=1S/C16H16ClN3OS/c1-21-8-6-14(11-2-4-12(17)5-3-11)20-15-13-7-9-22-16(13)19-10-18-15/h2-5,7,9-10,14H,6,8H2,1H3,(H,18,19,20). The summed E-state index contributed by atoms with van der Waals surface area (Å²) in [6.45, 7) is 0.665. The SMILES string of the molecule is COCCC(Nc1ncnc2sccc12)c1ccc(Cl)cc1. The summed E-state index contributed by atoms with van der Waals surface area (Å²) in [6, 6.07) is 10.0. The van der Waals surface area contributed by atoms with Crippen LogP contribution in [0, 0.1) is 0 Å². The van der Waals surface area contributed by atoms with Crippen LogP contribution in [0.5, 0.6) is 0 Å². The molecule has 2 aromatic heterocycles. The molecule has 1 N–H and O–H groups in total. The average Bonchev–Trinajstić information content (AvgIpc) is 3.02. The largest absolute Gasteiger partial charge is 0.385 e. The van der Waals surface area contributed by atoms with Crippen LogP contribution in [0.25, 0.3) is 10.2 Å². The first-order chi connectivity index (χ1) is 10.8. The predicted octanol–water partition coefficient (Wildman–Crippen LogP) is 4.53. The van der Waals surface area contributed by atoms with Crippen LogP contribution in [0.3, 0.4) is 0 Å². The van der Waals surface area contributed by atoms with Gasteiger partial charge in [-0.25, -0.2) is 9.97 Å². The lowest BCUT2D eigenvalue weighted by atomic mass is 10.0. The molecule has 3 rings (SSSR count). The Bertz CT molecular complexity index is 744. The maximum Gasteiger partial charge on any atom is 0.138 e. The molecule has 0 saturated carbocycles. The Labute approximate surface area is 138 Å². The molecule has 1 unspecified atom stereocenters. The van der Waals surface area contributed by atoms with E-state index in [-0.39, 0.29) is 6.04 Å². The average molecular weight is 334 g/mol. The molecule has 6 heteroatoms. The van der Waals surface area contributed by atoms with Gasteiger partial charge in [-0.3, -0.25) is 0 Å². The third-order valence-electron chi connectivity index (χ3n) is 3.46. The van der Waals surface area contributed by atoms with Crippen LogP contribution < -0.4 is 5.32 Å². The molecule has 0 spiro atoms. The highest BCUT2D eigenvalue weighted by Crippen LogP contribution is 2.29. The molecule has 22 heavy (non-hydrogen) atoms. The van der Waals surface area contributed by atoms with Gasteiger partial charge in [-0.15, -0.1) is 11.3 Å². The fraction of sp³-hybridized carbons (Fsp3) is 0.250. The van der Waals surface area contributed by atoms with Gasteiger partial charge in [-0.1, -0.05) is 23.7 Å². The monoisotopic (exact) mass is 333 g/mol. The van der Waals surface area contributed by atoms with Gasteiger partial charge in [0.1, 0.15) is 17.0 Å². The number of nitrogens with zero attached hydrogens (tertiary/aromatic N) is 2. The Morgan fingerprint density at radius 1 is 1.23 bits per heavy atom. The van der Waals surface area contributed by atoms with Crippen LogP contribution in [0.4, 0.5) is 5.82 Å². The zero-order valence-electron chi connectivity index (χ0n) is 12.1. The number of hydrogen-bond donors (Lipinski definition) is 1. The summed E-state index contributed by atoms with van der Waals surface area (Å²) in [6.07, 6.45) is 2.43. The topological polar surface area (TPSA) is 47.0 Å². The fourth-order valence-electron chi connectivity index (χ4n) is 2.32. The molecule has 114 valence electrons. The second kappa shape index (κ2) is 7.05. The number of ether oxygens (including phenoxy) is 1. The number of thiophene rings is 1. The second-order valence-electron chi connectivity index (χ2n) is 4.89. The number of aromatic nitrogens is 2. The number of methoxy groups -OCH3 is 1. The second-order valence-corrected chi connectivity index (χ2v) is 6.22. The summed E-state index contributed by atoms with van der Waals surface area (Å²) in [5.74, 6) is 0.849. The van der Waals surface area contributed by atoms with Crippen molar-refractivity contribution in [2.45, 2.75) is 12.5 Å². The van der Waals surface area contributed by atoms with E-state index in [1.165, 1.54) is 0 Å². The lowest BCUT2D eigenvalue weighted by Crippen LogP contribution is -2.14. The van der Waals surface area contributed by atoms with E-state index in [0.29, 0.717) is 6.61 Å². The molecule has 0 fully saturated rings. The highest BCUT2D eigenvalue weighted by Gasteiger charge is 2.14. The molecule has 1 aromatic carbocycles. The van der Waals surface area contributed by atoms with E-state index in [4.69, 9.17) is 16.3 Å². The van der Waals surface area contributed by atoms with Crippen LogP contribution in [-0.4, -0.2) is 23.7 Å². The Morgan fingerprint density at radius 3 is 2.82 bits per heavy atom. The number of fused-ring (bicyclic) bond motifs is 1. The zero-order chi connectivity index (χ0) is 15.4. The minimum atomic E-state index is 0.107. The molecule has 0 aliphatic rings. The third-order valence-corrected chi connectivity index (χ3v) is 4.53. The summed E-state index contributed by atoms with van der Waals surface area (Å²) in [5, 5.41) is 7.31. The summed E-state index contributed by atoms with van der Waals surface area (Å²) in [4.78, 5) is 9.65. The van der Waals surface area contributed by atoms with Gasteiger partial charge in [0.05, 0.1) is 11.4 Å². The van der Waals surface area contributed by atoms with Gasteiger partial charge >= 0.3 is 0 Å². The van der Waals surface area contributed by atoms with E-state index in [2.05, 4.69) is 15.3 Å². The molecule has 0 saturated heterocycles. The van der Waals surface area contributed by atoms with Crippen molar-refractivity contribution in [1.82, 2.24) is 9.97 Å². The highest BCUT2D eigenvalue weighted by atomic mass is 35.5. The van der Waals surface area contributed by atoms with Crippen molar-refractivity contribution in [2.75, 3.05) is 19.0 Å². The minimum Gasteiger partial charge on any atom is -0.385 e. The van der Waals surface area contributed by atoms with Crippen LogP contribution in [-0.2, 0) is 4.74 Å². The van der Waals surface area contributed by atoms with Crippen molar-refractivity contribution in [1.29, 1.82) is 0 Å². The highest BCUT2D eigenvalue weighted by molar-refractivity contribution is 7.16. The molecular weight excluding hydrogens is 318 g/mol. The van der Waals surface area contributed by atoms with E-state index in [1.807, 2.05) is 35.7 Å². The molecule has 1 atom stereocenters. The first kappa shape index (κ1) is 15.2. The number of halogens is 1. The number of anilines is 1. The molecule has 0 radical (unpaired) electrons. The first-order valence-corrected chi connectivity index (χ1v) is 8.23. The lowest BCUT2D eigenvalue weighted by molar-refractivity contribution is 0.190. The third kappa shape index (κ3) is 3.38. The molecule has 4 nitrogen and oxygen atoms in total. The van der Waals surface area contributed by atoms with Crippen molar-refractivity contribution in [3.8, 4) is 0 Å². The van der Waals surface area contributed by atoms with Crippen LogP contribution in [0.15, 0.2) is 42.0 Å². The normalized spacial score (nSPS) is 12.5. The maximum absolute atomic E-state index is 5.98. The van der Waals surface area contributed by atoms with E-state index >= 15 is 0 Å². The Hall–Kier alpha value is -1.69. The summed E-state index contributed by atoms with van der Waals surface area (Å²) in [7, 11) is 1.71. The predicted molar refractivity (Wildman–Crippen MR) is 91.7 cm³/mol. The molecule has 0 amide bonds. The van der Waals surface area contributed by atoms with Crippen molar-refractivity contribution < 1.29 is 4.74 Å².